The lowest BCUT2D eigenvalue weighted by Crippen LogP contribution is -2.41. The number of urea groups is 1. The van der Waals surface area contributed by atoms with E-state index in [-0.39, 0.29) is 0 Å². The molecule has 0 aliphatic heterocycles. The molecule has 0 spiro atoms. The van der Waals surface area contributed by atoms with E-state index in [1.165, 1.54) is 14.2 Å². The molecule has 1 N–H and O–H groups in total. The second kappa shape index (κ2) is 5.61. The SMILES string of the molecule is COc1ccc(N(C)C(=O)NCC(F)(F)F)cc1. The summed E-state index contributed by atoms with van der Waals surface area (Å²) in [5, 5.41) is 1.78. The number of alkyl halides is 3. The number of carbonyl (C=O) groups excluding carboxylic acids is 1. The van der Waals surface area contributed by atoms with Gasteiger partial charge in [0.1, 0.15) is 12.3 Å². The molecule has 0 heterocycles. The minimum Gasteiger partial charge on any atom is -0.497 e. The monoisotopic (exact) mass is 262 g/mol. The average Bonchev–Trinajstić information content (AvgIpc) is 2.34. The molecule has 1 aromatic carbocycles. The molecule has 18 heavy (non-hydrogen) atoms. The number of hydrogen-bond donors (Lipinski definition) is 1. The standard InChI is InChI=1S/C11H13F3N2O2/c1-16(10(17)15-7-11(12,13)14)8-3-5-9(18-2)6-4-8/h3-6H,7H2,1-2H3,(H,15,17). The smallest absolute Gasteiger partial charge is 0.405 e. The van der Waals surface area contributed by atoms with Crippen molar-refractivity contribution in [2.45, 2.75) is 6.18 Å². The van der Waals surface area contributed by atoms with Gasteiger partial charge in [0.2, 0.25) is 0 Å². The molecule has 0 saturated carbocycles. The largest absolute Gasteiger partial charge is 0.497 e. The van der Waals surface area contributed by atoms with E-state index >= 15 is 0 Å². The van der Waals surface area contributed by atoms with Crippen LogP contribution in [0, 0.1) is 0 Å². The number of ether oxygens (including phenoxy) is 1. The molecule has 2 amide bonds. The molecule has 100 valence electrons. The topological polar surface area (TPSA) is 41.6 Å². The fraction of sp³-hybridized carbons (Fsp3) is 0.364. The summed E-state index contributed by atoms with van der Waals surface area (Å²) in [6, 6.07) is 5.56. The Balaban J connectivity index is 2.62. The first-order valence-electron chi connectivity index (χ1n) is 5.06. The summed E-state index contributed by atoms with van der Waals surface area (Å²) in [6.45, 7) is -1.35. The van der Waals surface area contributed by atoms with Crippen LogP contribution in [0.25, 0.3) is 0 Å². The number of rotatable bonds is 3. The zero-order chi connectivity index (χ0) is 13.8. The fourth-order valence-corrected chi connectivity index (χ4v) is 1.22. The maximum absolute atomic E-state index is 11.9. The van der Waals surface area contributed by atoms with Crippen LogP contribution < -0.4 is 15.0 Å². The highest BCUT2D eigenvalue weighted by atomic mass is 19.4. The van der Waals surface area contributed by atoms with Gasteiger partial charge in [-0.15, -0.1) is 0 Å². The number of halogens is 3. The van der Waals surface area contributed by atoms with E-state index in [1.807, 2.05) is 0 Å². The van der Waals surface area contributed by atoms with Crippen molar-refractivity contribution in [2.24, 2.45) is 0 Å². The summed E-state index contributed by atoms with van der Waals surface area (Å²) in [7, 11) is 2.88. The first-order valence-corrected chi connectivity index (χ1v) is 5.06. The Morgan fingerprint density at radius 3 is 2.33 bits per heavy atom. The van der Waals surface area contributed by atoms with Crippen LogP contribution in [0.15, 0.2) is 24.3 Å². The quantitative estimate of drug-likeness (QED) is 0.908. The normalized spacial score (nSPS) is 10.9. The maximum Gasteiger partial charge on any atom is 0.405 e. The van der Waals surface area contributed by atoms with Gasteiger partial charge in [0, 0.05) is 12.7 Å². The van der Waals surface area contributed by atoms with Gasteiger partial charge in [-0.1, -0.05) is 0 Å². The Kier molecular flexibility index (Phi) is 4.41. The first kappa shape index (κ1) is 14.1. The van der Waals surface area contributed by atoms with Crippen LogP contribution in [0.3, 0.4) is 0 Å². The molecule has 1 rings (SSSR count). The number of carbonyl (C=O) groups is 1. The van der Waals surface area contributed by atoms with Gasteiger partial charge in [0.05, 0.1) is 7.11 Å². The van der Waals surface area contributed by atoms with Crippen molar-refractivity contribution >= 4 is 11.7 Å². The molecule has 0 saturated heterocycles. The number of amides is 2. The Morgan fingerprint density at radius 1 is 1.33 bits per heavy atom. The Hall–Kier alpha value is -1.92. The number of nitrogens with zero attached hydrogens (tertiary/aromatic N) is 1. The van der Waals surface area contributed by atoms with Gasteiger partial charge in [0.25, 0.3) is 0 Å². The van der Waals surface area contributed by atoms with E-state index in [2.05, 4.69) is 0 Å². The van der Waals surface area contributed by atoms with Crippen LogP contribution in [0.5, 0.6) is 5.75 Å². The highest BCUT2D eigenvalue weighted by Crippen LogP contribution is 2.18. The van der Waals surface area contributed by atoms with Gasteiger partial charge in [0.15, 0.2) is 0 Å². The van der Waals surface area contributed by atoms with Crippen LogP contribution in [0.4, 0.5) is 23.7 Å². The predicted molar refractivity (Wildman–Crippen MR) is 60.9 cm³/mol. The number of hydrogen-bond acceptors (Lipinski definition) is 2. The van der Waals surface area contributed by atoms with Crippen molar-refractivity contribution in [1.82, 2.24) is 5.32 Å². The van der Waals surface area contributed by atoms with Gasteiger partial charge in [-0.25, -0.2) is 4.79 Å². The number of benzene rings is 1. The third kappa shape index (κ3) is 4.15. The van der Waals surface area contributed by atoms with Gasteiger partial charge < -0.3 is 10.1 Å². The van der Waals surface area contributed by atoms with Crippen molar-refractivity contribution in [2.75, 3.05) is 25.6 Å². The molecule has 0 aromatic heterocycles. The predicted octanol–water partition coefficient (Wildman–Crippen LogP) is 2.40. The first-order chi connectivity index (χ1) is 8.33. The van der Waals surface area contributed by atoms with Crippen molar-refractivity contribution in [3.8, 4) is 5.75 Å². The lowest BCUT2D eigenvalue weighted by atomic mass is 10.3. The number of nitrogens with one attached hydrogen (secondary N) is 1. The summed E-state index contributed by atoms with van der Waals surface area (Å²) in [5.74, 6) is 0.600. The molecule has 1 aromatic rings. The minimum atomic E-state index is -4.42. The molecule has 0 aliphatic carbocycles. The van der Waals surface area contributed by atoms with Crippen LogP contribution >= 0.6 is 0 Å². The van der Waals surface area contributed by atoms with Crippen molar-refractivity contribution < 1.29 is 22.7 Å². The van der Waals surface area contributed by atoms with Crippen LogP contribution in [0.2, 0.25) is 0 Å². The van der Waals surface area contributed by atoms with Crippen LogP contribution in [-0.4, -0.2) is 32.9 Å². The van der Waals surface area contributed by atoms with Crippen LogP contribution in [0.1, 0.15) is 0 Å². The van der Waals surface area contributed by atoms with E-state index in [0.717, 1.165) is 4.90 Å². The molecule has 0 aliphatic rings. The van der Waals surface area contributed by atoms with Gasteiger partial charge in [-0.3, -0.25) is 4.90 Å². The van der Waals surface area contributed by atoms with E-state index < -0.39 is 18.8 Å². The van der Waals surface area contributed by atoms with Crippen molar-refractivity contribution in [3.63, 3.8) is 0 Å². The summed E-state index contributed by atoms with van der Waals surface area (Å²) >= 11 is 0. The Bertz CT molecular complexity index is 404. The van der Waals surface area contributed by atoms with E-state index in [9.17, 15) is 18.0 Å². The molecule has 0 radical (unpaired) electrons. The molecular formula is C11H13F3N2O2. The number of methoxy groups -OCH3 is 1. The highest BCUT2D eigenvalue weighted by Gasteiger charge is 2.28. The highest BCUT2D eigenvalue weighted by molar-refractivity contribution is 5.91. The van der Waals surface area contributed by atoms with Crippen molar-refractivity contribution in [1.29, 1.82) is 0 Å². The summed E-state index contributed by atoms with van der Waals surface area (Å²) in [6.07, 6.45) is -4.42. The maximum atomic E-state index is 11.9. The lowest BCUT2D eigenvalue weighted by Gasteiger charge is -2.19. The third-order valence-electron chi connectivity index (χ3n) is 2.20. The second-order valence-corrected chi connectivity index (χ2v) is 3.53. The number of anilines is 1. The van der Waals surface area contributed by atoms with E-state index in [0.29, 0.717) is 11.4 Å². The summed E-state index contributed by atoms with van der Waals surface area (Å²) < 4.78 is 40.7. The Labute approximate surface area is 102 Å². The van der Waals surface area contributed by atoms with E-state index in [4.69, 9.17) is 4.74 Å². The molecule has 0 fully saturated rings. The zero-order valence-corrected chi connectivity index (χ0v) is 9.91. The molecule has 0 unspecified atom stereocenters. The second-order valence-electron chi connectivity index (χ2n) is 3.53. The van der Waals surface area contributed by atoms with Crippen molar-refractivity contribution in [3.05, 3.63) is 24.3 Å². The molecule has 4 nitrogen and oxygen atoms in total. The van der Waals surface area contributed by atoms with Gasteiger partial charge >= 0.3 is 12.2 Å². The van der Waals surface area contributed by atoms with Gasteiger partial charge in [-0.2, -0.15) is 13.2 Å². The molecular weight excluding hydrogens is 249 g/mol. The average molecular weight is 262 g/mol. The summed E-state index contributed by atoms with van der Waals surface area (Å²) in [5.41, 5.74) is 0.468. The third-order valence-corrected chi connectivity index (χ3v) is 2.20. The Morgan fingerprint density at radius 2 is 1.89 bits per heavy atom. The lowest BCUT2D eigenvalue weighted by molar-refractivity contribution is -0.122. The zero-order valence-electron chi connectivity index (χ0n) is 9.91. The molecule has 7 heteroatoms. The van der Waals surface area contributed by atoms with Crippen LogP contribution in [-0.2, 0) is 0 Å². The van der Waals surface area contributed by atoms with E-state index in [1.54, 1.807) is 29.6 Å². The fourth-order valence-electron chi connectivity index (χ4n) is 1.22. The summed E-state index contributed by atoms with van der Waals surface area (Å²) in [4.78, 5) is 12.5. The molecule has 0 atom stereocenters. The van der Waals surface area contributed by atoms with Gasteiger partial charge in [-0.05, 0) is 24.3 Å². The minimum absolute atomic E-state index is 0.468. The molecule has 0 bridgehead atoms.